The molecule has 0 aliphatic carbocycles. The molecule has 1 atom stereocenters. The first-order chi connectivity index (χ1) is 11.6. The Bertz CT molecular complexity index is 643. The zero-order chi connectivity index (χ0) is 17.4. The maximum atomic E-state index is 4.61. The van der Waals surface area contributed by atoms with Gasteiger partial charge in [0.25, 0.3) is 0 Å². The molecule has 0 aromatic carbocycles. The second-order valence-electron chi connectivity index (χ2n) is 6.08. The predicted octanol–water partition coefficient (Wildman–Crippen LogP) is 3.37. The number of rotatable bonds is 7. The van der Waals surface area contributed by atoms with Crippen LogP contribution in [0.15, 0.2) is 40.7 Å². The van der Waals surface area contributed by atoms with E-state index in [1.807, 2.05) is 48.5 Å². The summed E-state index contributed by atoms with van der Waals surface area (Å²) in [5.74, 6) is 2.32. The van der Waals surface area contributed by atoms with Crippen molar-refractivity contribution in [3.05, 3.63) is 46.3 Å². The zero-order valence-corrected chi connectivity index (χ0v) is 18.5. The van der Waals surface area contributed by atoms with Crippen molar-refractivity contribution >= 4 is 47.1 Å². The van der Waals surface area contributed by atoms with E-state index in [2.05, 4.69) is 45.0 Å². The lowest BCUT2D eigenvalue weighted by atomic mass is 10.1. The molecule has 0 amide bonds. The first-order valence-electron chi connectivity index (χ1n) is 8.18. The molecule has 0 fully saturated rings. The lowest BCUT2D eigenvalue weighted by molar-refractivity contribution is 0.562. The molecule has 7 heteroatoms. The molecular formula is C18H28IN5S. The minimum atomic E-state index is 0. The summed E-state index contributed by atoms with van der Waals surface area (Å²) in [6, 6.07) is 10.3. The van der Waals surface area contributed by atoms with Crippen LogP contribution in [0, 0.1) is 5.92 Å². The summed E-state index contributed by atoms with van der Waals surface area (Å²) >= 11 is 1.82. The number of hydrogen-bond acceptors (Lipinski definition) is 4. The predicted molar refractivity (Wildman–Crippen MR) is 119 cm³/mol. The van der Waals surface area contributed by atoms with Crippen LogP contribution in [0.25, 0.3) is 0 Å². The molecule has 0 bridgehead atoms. The van der Waals surface area contributed by atoms with Crippen LogP contribution in [0.2, 0.25) is 0 Å². The Labute approximate surface area is 172 Å². The second kappa shape index (κ2) is 11.3. The second-order valence-corrected chi connectivity index (χ2v) is 7.11. The molecule has 2 aromatic rings. The van der Waals surface area contributed by atoms with Crippen LogP contribution in [-0.4, -0.2) is 38.6 Å². The molecule has 138 valence electrons. The van der Waals surface area contributed by atoms with Crippen molar-refractivity contribution in [2.45, 2.75) is 19.9 Å². The Morgan fingerprint density at radius 1 is 1.24 bits per heavy atom. The highest BCUT2D eigenvalue weighted by Crippen LogP contribution is 2.13. The van der Waals surface area contributed by atoms with Crippen molar-refractivity contribution < 1.29 is 0 Å². The molecule has 5 nitrogen and oxygen atoms in total. The molecule has 1 unspecified atom stereocenters. The molecule has 2 aromatic heterocycles. The van der Waals surface area contributed by atoms with Gasteiger partial charge in [0, 0.05) is 32.6 Å². The number of guanidine groups is 1. The van der Waals surface area contributed by atoms with Gasteiger partial charge in [0.15, 0.2) is 5.96 Å². The number of hydrogen-bond donors (Lipinski definition) is 2. The molecule has 0 saturated heterocycles. The van der Waals surface area contributed by atoms with Crippen molar-refractivity contribution in [1.82, 2.24) is 15.6 Å². The number of nitrogens with one attached hydrogen (secondary N) is 2. The van der Waals surface area contributed by atoms with Crippen molar-refractivity contribution in [2.24, 2.45) is 10.9 Å². The molecule has 2 N–H and O–H groups in total. The van der Waals surface area contributed by atoms with E-state index in [1.165, 1.54) is 4.88 Å². The third kappa shape index (κ3) is 7.60. The fourth-order valence-electron chi connectivity index (χ4n) is 2.32. The summed E-state index contributed by atoms with van der Waals surface area (Å²) in [6.07, 6.45) is 1.09. The van der Waals surface area contributed by atoms with Gasteiger partial charge >= 0.3 is 0 Å². The van der Waals surface area contributed by atoms with Gasteiger partial charge in [0.05, 0.1) is 12.2 Å². The van der Waals surface area contributed by atoms with E-state index < -0.39 is 0 Å². The van der Waals surface area contributed by atoms with Crippen LogP contribution < -0.4 is 15.5 Å². The van der Waals surface area contributed by atoms with Gasteiger partial charge in [-0.25, -0.2) is 4.98 Å². The molecule has 0 spiro atoms. The third-order valence-corrected chi connectivity index (χ3v) is 4.56. The number of thiophene rings is 1. The van der Waals surface area contributed by atoms with Crippen molar-refractivity contribution in [3.8, 4) is 0 Å². The Hall–Kier alpha value is -1.35. The standard InChI is InChI=1S/C18H27N5S.HI/c1-14(11-16-8-6-10-24-16)12-20-18(19-2)21-13-15-7-5-9-17(22-15)23(3)4;/h5-10,14H,11-13H2,1-4H3,(H2,19,20,21);1H. The van der Waals surface area contributed by atoms with Crippen molar-refractivity contribution in [2.75, 3.05) is 32.6 Å². The van der Waals surface area contributed by atoms with Gasteiger partial charge in [-0.2, -0.15) is 0 Å². The largest absolute Gasteiger partial charge is 0.363 e. The number of halogens is 1. The summed E-state index contributed by atoms with van der Waals surface area (Å²) < 4.78 is 0. The number of aliphatic imine (C=N–C) groups is 1. The lowest BCUT2D eigenvalue weighted by Crippen LogP contribution is -2.39. The minimum absolute atomic E-state index is 0. The van der Waals surface area contributed by atoms with Crippen LogP contribution in [0.1, 0.15) is 17.5 Å². The Kier molecular flexibility index (Phi) is 9.81. The summed E-state index contributed by atoms with van der Waals surface area (Å²) in [6.45, 7) is 3.80. The van der Waals surface area contributed by atoms with Gasteiger partial charge in [-0.3, -0.25) is 4.99 Å². The number of pyridine rings is 1. The fourth-order valence-corrected chi connectivity index (χ4v) is 3.19. The maximum absolute atomic E-state index is 4.61. The third-order valence-electron chi connectivity index (χ3n) is 3.66. The van der Waals surface area contributed by atoms with E-state index >= 15 is 0 Å². The van der Waals surface area contributed by atoms with Crippen LogP contribution in [-0.2, 0) is 13.0 Å². The highest BCUT2D eigenvalue weighted by Gasteiger charge is 2.07. The van der Waals surface area contributed by atoms with Crippen LogP contribution in [0.4, 0.5) is 5.82 Å². The topological polar surface area (TPSA) is 52.6 Å². The normalized spacial score (nSPS) is 12.2. The molecule has 0 radical (unpaired) electrons. The van der Waals surface area contributed by atoms with Crippen LogP contribution in [0.3, 0.4) is 0 Å². The molecule has 0 aliphatic heterocycles. The Morgan fingerprint density at radius 2 is 2.04 bits per heavy atom. The monoisotopic (exact) mass is 473 g/mol. The SMILES string of the molecule is CN=C(NCc1cccc(N(C)C)n1)NCC(C)Cc1cccs1.I. The first-order valence-corrected chi connectivity index (χ1v) is 9.06. The summed E-state index contributed by atoms with van der Waals surface area (Å²) in [7, 11) is 5.78. The van der Waals surface area contributed by atoms with Gasteiger partial charge in [-0.15, -0.1) is 35.3 Å². The van der Waals surface area contributed by atoms with Crippen LogP contribution >= 0.6 is 35.3 Å². The van der Waals surface area contributed by atoms with E-state index in [1.54, 1.807) is 7.05 Å². The van der Waals surface area contributed by atoms with E-state index in [0.717, 1.165) is 30.4 Å². The molecule has 0 saturated carbocycles. The lowest BCUT2D eigenvalue weighted by Gasteiger charge is -2.16. The molecule has 2 rings (SSSR count). The van der Waals surface area contributed by atoms with Crippen molar-refractivity contribution in [3.63, 3.8) is 0 Å². The number of aromatic nitrogens is 1. The number of nitrogens with zero attached hydrogens (tertiary/aromatic N) is 3. The average molecular weight is 473 g/mol. The van der Waals surface area contributed by atoms with Gasteiger partial charge in [0.2, 0.25) is 0 Å². The van der Waals surface area contributed by atoms with Gasteiger partial charge in [0.1, 0.15) is 5.82 Å². The highest BCUT2D eigenvalue weighted by atomic mass is 127. The van der Waals surface area contributed by atoms with Gasteiger partial charge in [-0.05, 0) is 35.9 Å². The summed E-state index contributed by atoms with van der Waals surface area (Å²) in [5.41, 5.74) is 0.996. The zero-order valence-electron chi connectivity index (χ0n) is 15.3. The molecule has 0 aliphatic rings. The fraction of sp³-hybridized carbons (Fsp3) is 0.444. The van der Waals surface area contributed by atoms with E-state index in [-0.39, 0.29) is 24.0 Å². The van der Waals surface area contributed by atoms with Crippen LogP contribution in [0.5, 0.6) is 0 Å². The van der Waals surface area contributed by atoms with E-state index in [4.69, 9.17) is 0 Å². The summed E-state index contributed by atoms with van der Waals surface area (Å²) in [4.78, 5) is 12.3. The minimum Gasteiger partial charge on any atom is -0.363 e. The molecule has 25 heavy (non-hydrogen) atoms. The molecular weight excluding hydrogens is 445 g/mol. The first kappa shape index (κ1) is 21.7. The quantitative estimate of drug-likeness (QED) is 0.368. The van der Waals surface area contributed by atoms with Crippen molar-refractivity contribution in [1.29, 1.82) is 0 Å². The maximum Gasteiger partial charge on any atom is 0.191 e. The smallest absolute Gasteiger partial charge is 0.191 e. The number of anilines is 1. The van der Waals surface area contributed by atoms with E-state index in [9.17, 15) is 0 Å². The highest BCUT2D eigenvalue weighted by molar-refractivity contribution is 14.0. The van der Waals surface area contributed by atoms with Gasteiger partial charge in [-0.1, -0.05) is 19.1 Å². The molecule has 2 heterocycles. The summed E-state index contributed by atoms with van der Waals surface area (Å²) in [5, 5.41) is 8.85. The van der Waals surface area contributed by atoms with E-state index in [0.29, 0.717) is 12.5 Å². The van der Waals surface area contributed by atoms with Gasteiger partial charge < -0.3 is 15.5 Å². The Balaban J connectivity index is 0.00000312. The Morgan fingerprint density at radius 3 is 2.68 bits per heavy atom. The average Bonchev–Trinajstić information content (AvgIpc) is 3.08.